The fourth-order valence-corrected chi connectivity index (χ4v) is 2.89. The Kier molecular flexibility index (Phi) is 8.42. The summed E-state index contributed by atoms with van der Waals surface area (Å²) in [5.41, 5.74) is 6.34. The summed E-state index contributed by atoms with van der Waals surface area (Å²) in [7, 11) is 2.97. The quantitative estimate of drug-likeness (QED) is 0.695. The van der Waals surface area contributed by atoms with Crippen molar-refractivity contribution in [3.63, 3.8) is 0 Å². The number of nitrogens with one attached hydrogen (secondary N) is 1. The Morgan fingerprint density at radius 2 is 1.97 bits per heavy atom. The average molecular weight is 434 g/mol. The lowest BCUT2D eigenvalue weighted by atomic mass is 10.1. The van der Waals surface area contributed by atoms with Crippen LogP contribution in [0.5, 0.6) is 11.6 Å². The van der Waals surface area contributed by atoms with Crippen LogP contribution in [0.3, 0.4) is 0 Å². The number of carbonyl (C=O) groups excluding carboxylic acids is 2. The van der Waals surface area contributed by atoms with E-state index < -0.39 is 0 Å². The minimum Gasteiger partial charge on any atom is -0.495 e. The number of likely N-dealkylation sites (tertiary alicyclic amines) is 1. The highest BCUT2D eigenvalue weighted by Crippen LogP contribution is 2.27. The van der Waals surface area contributed by atoms with Gasteiger partial charge in [-0.3, -0.25) is 9.59 Å². The Bertz CT molecular complexity index is 916. The molecule has 1 aliphatic heterocycles. The highest BCUT2D eigenvalue weighted by Gasteiger charge is 2.20. The largest absolute Gasteiger partial charge is 0.495 e. The van der Waals surface area contributed by atoms with Gasteiger partial charge in [0.2, 0.25) is 17.7 Å². The number of hydrogen-bond acceptors (Lipinski definition) is 7. The van der Waals surface area contributed by atoms with Crippen LogP contribution in [0.1, 0.15) is 23.2 Å². The zero-order valence-corrected chi connectivity index (χ0v) is 17.6. The van der Waals surface area contributed by atoms with Crippen molar-refractivity contribution in [2.75, 3.05) is 38.4 Å². The van der Waals surface area contributed by atoms with Crippen LogP contribution in [0, 0.1) is 0 Å². The van der Waals surface area contributed by atoms with Crippen molar-refractivity contribution in [1.82, 2.24) is 14.9 Å². The van der Waals surface area contributed by atoms with Gasteiger partial charge in [-0.25, -0.2) is 4.98 Å². The van der Waals surface area contributed by atoms with E-state index in [-0.39, 0.29) is 17.8 Å². The zero-order chi connectivity index (χ0) is 22.1. The van der Waals surface area contributed by atoms with Crippen molar-refractivity contribution < 1.29 is 19.1 Å². The standard InChI is InChI=1S/C15H18N2O3.C5H6ClN3O/c1-3-14(18)16-12-7-6-11(10-13(12)20-2)15(19)17-8-4-5-9-17;1-10-4-3(6)2-8-5(7)9-4/h3,6-7,10H,1,4-5,8-9H2,2H3,(H,16,18);2H,1H3,(H2,7,8,9). The first-order valence-electron chi connectivity index (χ1n) is 9.12. The van der Waals surface area contributed by atoms with E-state index in [0.717, 1.165) is 25.9 Å². The van der Waals surface area contributed by atoms with Gasteiger partial charge in [0.1, 0.15) is 10.8 Å². The van der Waals surface area contributed by atoms with Crippen molar-refractivity contribution in [2.24, 2.45) is 0 Å². The first-order chi connectivity index (χ1) is 14.4. The number of rotatable bonds is 5. The first-order valence-corrected chi connectivity index (χ1v) is 9.50. The van der Waals surface area contributed by atoms with E-state index in [1.807, 2.05) is 4.90 Å². The first kappa shape index (κ1) is 23.0. The second-order valence-corrected chi connectivity index (χ2v) is 6.60. The lowest BCUT2D eigenvalue weighted by molar-refractivity contribution is -0.111. The van der Waals surface area contributed by atoms with Crippen LogP contribution in [0.4, 0.5) is 11.6 Å². The molecular weight excluding hydrogens is 410 g/mol. The predicted molar refractivity (Wildman–Crippen MR) is 115 cm³/mol. The maximum absolute atomic E-state index is 12.3. The number of carbonyl (C=O) groups is 2. The number of nitrogen functional groups attached to an aromatic ring is 1. The van der Waals surface area contributed by atoms with Gasteiger partial charge in [0.15, 0.2) is 0 Å². The lowest BCUT2D eigenvalue weighted by Crippen LogP contribution is -2.27. The molecule has 0 aliphatic carbocycles. The minimum atomic E-state index is -0.318. The molecule has 0 unspecified atom stereocenters. The van der Waals surface area contributed by atoms with Gasteiger partial charge in [0.25, 0.3) is 5.91 Å². The maximum atomic E-state index is 12.3. The number of anilines is 2. The van der Waals surface area contributed by atoms with Crippen LogP contribution >= 0.6 is 11.6 Å². The van der Waals surface area contributed by atoms with Crippen molar-refractivity contribution in [3.05, 3.63) is 47.6 Å². The molecule has 0 radical (unpaired) electrons. The topological polar surface area (TPSA) is 120 Å². The number of amides is 2. The smallest absolute Gasteiger partial charge is 0.253 e. The van der Waals surface area contributed by atoms with Gasteiger partial charge in [0, 0.05) is 18.7 Å². The molecule has 3 rings (SSSR count). The predicted octanol–water partition coefficient (Wildman–Crippen LogP) is 2.78. The van der Waals surface area contributed by atoms with Gasteiger partial charge < -0.3 is 25.4 Å². The van der Waals surface area contributed by atoms with Crippen LogP contribution in [0.15, 0.2) is 37.1 Å². The molecule has 1 aromatic carbocycles. The monoisotopic (exact) mass is 433 g/mol. The van der Waals surface area contributed by atoms with Crippen molar-refractivity contribution in [1.29, 1.82) is 0 Å². The normalized spacial score (nSPS) is 12.4. The molecule has 3 N–H and O–H groups in total. The summed E-state index contributed by atoms with van der Waals surface area (Å²) in [6, 6.07) is 5.02. The molecule has 2 aromatic rings. The van der Waals surface area contributed by atoms with E-state index in [4.69, 9.17) is 26.8 Å². The molecule has 9 nitrogen and oxygen atoms in total. The number of halogens is 1. The van der Waals surface area contributed by atoms with Crippen molar-refractivity contribution >= 4 is 35.1 Å². The van der Waals surface area contributed by atoms with E-state index in [0.29, 0.717) is 27.9 Å². The number of methoxy groups -OCH3 is 2. The van der Waals surface area contributed by atoms with E-state index in [2.05, 4.69) is 21.9 Å². The number of aromatic nitrogens is 2. The van der Waals surface area contributed by atoms with E-state index >= 15 is 0 Å². The molecule has 2 amide bonds. The molecule has 2 heterocycles. The highest BCUT2D eigenvalue weighted by molar-refractivity contribution is 6.31. The van der Waals surface area contributed by atoms with Crippen LogP contribution in [-0.2, 0) is 4.79 Å². The Hall–Kier alpha value is -3.33. The van der Waals surface area contributed by atoms with Gasteiger partial charge >= 0.3 is 0 Å². The van der Waals surface area contributed by atoms with Gasteiger partial charge in [0.05, 0.1) is 26.1 Å². The highest BCUT2D eigenvalue weighted by atomic mass is 35.5. The Labute approximate surface area is 179 Å². The van der Waals surface area contributed by atoms with Crippen LogP contribution in [0.25, 0.3) is 0 Å². The average Bonchev–Trinajstić information content (AvgIpc) is 3.30. The van der Waals surface area contributed by atoms with Crippen LogP contribution in [-0.4, -0.2) is 54.0 Å². The second-order valence-electron chi connectivity index (χ2n) is 6.19. The summed E-state index contributed by atoms with van der Waals surface area (Å²) in [5.74, 6) is 0.602. The van der Waals surface area contributed by atoms with E-state index in [9.17, 15) is 9.59 Å². The zero-order valence-electron chi connectivity index (χ0n) is 16.9. The Morgan fingerprint density at radius 1 is 1.27 bits per heavy atom. The van der Waals surface area contributed by atoms with Crippen molar-refractivity contribution in [3.8, 4) is 11.6 Å². The summed E-state index contributed by atoms with van der Waals surface area (Å²) < 4.78 is 9.99. The third kappa shape index (κ3) is 6.08. The molecule has 10 heteroatoms. The maximum Gasteiger partial charge on any atom is 0.253 e. The van der Waals surface area contributed by atoms with Gasteiger partial charge in [-0.2, -0.15) is 4.98 Å². The Morgan fingerprint density at radius 3 is 2.53 bits per heavy atom. The minimum absolute atomic E-state index is 0.00222. The summed E-state index contributed by atoms with van der Waals surface area (Å²) in [6.45, 7) is 5.00. The molecule has 0 bridgehead atoms. The number of nitrogens with zero attached hydrogens (tertiary/aromatic N) is 3. The number of hydrogen-bond donors (Lipinski definition) is 2. The molecule has 1 aliphatic rings. The Balaban J connectivity index is 0.000000269. The molecule has 0 saturated carbocycles. The van der Waals surface area contributed by atoms with Gasteiger partial charge in [-0.1, -0.05) is 18.2 Å². The number of nitrogens with two attached hydrogens (primary N) is 1. The van der Waals surface area contributed by atoms with Crippen LogP contribution in [0.2, 0.25) is 5.02 Å². The van der Waals surface area contributed by atoms with Crippen molar-refractivity contribution in [2.45, 2.75) is 12.8 Å². The third-order valence-corrected chi connectivity index (χ3v) is 4.47. The molecule has 30 heavy (non-hydrogen) atoms. The number of ether oxygens (including phenoxy) is 2. The van der Waals surface area contributed by atoms with Gasteiger partial charge in [-0.05, 0) is 37.1 Å². The lowest BCUT2D eigenvalue weighted by Gasteiger charge is -2.16. The molecule has 0 atom stereocenters. The molecule has 1 aromatic heterocycles. The summed E-state index contributed by atoms with van der Waals surface area (Å²) in [6.07, 6.45) is 4.68. The fraction of sp³-hybridized carbons (Fsp3) is 0.300. The molecule has 160 valence electrons. The second kappa shape index (κ2) is 11.0. The summed E-state index contributed by atoms with van der Waals surface area (Å²) in [4.78, 5) is 32.8. The van der Waals surface area contributed by atoms with Gasteiger partial charge in [-0.15, -0.1) is 0 Å². The van der Waals surface area contributed by atoms with Crippen LogP contribution < -0.4 is 20.5 Å². The third-order valence-electron chi connectivity index (χ3n) is 4.21. The van der Waals surface area contributed by atoms with E-state index in [1.165, 1.54) is 26.5 Å². The summed E-state index contributed by atoms with van der Waals surface area (Å²) in [5, 5.41) is 3.00. The molecule has 1 fully saturated rings. The molecule has 1 saturated heterocycles. The van der Waals surface area contributed by atoms with E-state index in [1.54, 1.807) is 18.2 Å². The molecule has 0 spiro atoms. The SMILES string of the molecule is C=CC(=O)Nc1ccc(C(=O)N2CCCC2)cc1OC.COc1nc(N)ncc1Cl. The number of benzene rings is 1. The summed E-state index contributed by atoms with van der Waals surface area (Å²) >= 11 is 5.59. The molecular formula is C20H24ClN5O4. The fourth-order valence-electron chi connectivity index (χ4n) is 2.72.